The molecular formula is C19H22ClN3O4S. The van der Waals surface area contributed by atoms with Crippen molar-refractivity contribution < 1.29 is 13.3 Å². The van der Waals surface area contributed by atoms with Crippen molar-refractivity contribution in [2.24, 2.45) is 0 Å². The maximum absolute atomic E-state index is 13.0. The lowest BCUT2D eigenvalue weighted by atomic mass is 10.2. The summed E-state index contributed by atoms with van der Waals surface area (Å²) in [7, 11) is -3.78. The number of sulfonamides is 1. The largest absolute Gasteiger partial charge is 0.298 e. The first kappa shape index (κ1) is 20.7. The number of nitro benzene ring substituents is 1. The second kappa shape index (κ2) is 8.57. The van der Waals surface area contributed by atoms with Crippen LogP contribution in [0.5, 0.6) is 0 Å². The Bertz CT molecular complexity index is 964. The van der Waals surface area contributed by atoms with Crippen molar-refractivity contribution in [3.63, 3.8) is 0 Å². The van der Waals surface area contributed by atoms with Gasteiger partial charge in [0.15, 0.2) is 0 Å². The highest BCUT2D eigenvalue weighted by atomic mass is 35.5. The van der Waals surface area contributed by atoms with Crippen LogP contribution in [0.4, 0.5) is 5.69 Å². The van der Waals surface area contributed by atoms with Crippen LogP contribution < -0.4 is 0 Å². The number of halogens is 1. The van der Waals surface area contributed by atoms with Gasteiger partial charge >= 0.3 is 0 Å². The first-order valence-corrected chi connectivity index (χ1v) is 10.8. The molecule has 0 aromatic heterocycles. The summed E-state index contributed by atoms with van der Waals surface area (Å²) in [5.41, 5.74) is 1.38. The number of hydrogen-bond donors (Lipinski definition) is 0. The van der Waals surface area contributed by atoms with Gasteiger partial charge in [0.05, 0.1) is 9.82 Å². The Morgan fingerprint density at radius 2 is 1.79 bits per heavy atom. The number of nitrogens with zero attached hydrogens (tertiary/aromatic N) is 3. The van der Waals surface area contributed by atoms with Crippen molar-refractivity contribution in [2.45, 2.75) is 24.8 Å². The molecule has 0 saturated carbocycles. The zero-order valence-electron chi connectivity index (χ0n) is 15.5. The molecule has 0 atom stereocenters. The minimum Gasteiger partial charge on any atom is -0.298 e. The van der Waals surface area contributed by atoms with Gasteiger partial charge in [0.1, 0.15) is 0 Å². The Hall–Kier alpha value is -2.00. The second-order valence-electron chi connectivity index (χ2n) is 6.87. The molecule has 1 saturated heterocycles. The Morgan fingerprint density at radius 1 is 1.07 bits per heavy atom. The molecule has 3 rings (SSSR count). The Kier molecular flexibility index (Phi) is 6.34. The van der Waals surface area contributed by atoms with Crippen LogP contribution in [-0.4, -0.2) is 48.7 Å². The van der Waals surface area contributed by atoms with E-state index in [1.807, 2.05) is 24.3 Å². The summed E-state index contributed by atoms with van der Waals surface area (Å²) in [5, 5.41) is 11.8. The summed E-state index contributed by atoms with van der Waals surface area (Å²) in [4.78, 5) is 12.8. The van der Waals surface area contributed by atoms with Gasteiger partial charge in [0.25, 0.3) is 5.69 Å². The molecule has 7 nitrogen and oxygen atoms in total. The molecule has 150 valence electrons. The molecule has 1 aliphatic heterocycles. The Labute approximate surface area is 169 Å². The standard InChI is InChI=1S/C19H22ClN3O4S/c1-15-3-8-18(13-19(15)23(24)25)28(26,27)22-10-2-9-21(11-12-22)14-16-4-6-17(20)7-5-16/h3-8,13H,2,9-12,14H2,1H3. The zero-order chi connectivity index (χ0) is 20.3. The van der Waals surface area contributed by atoms with E-state index >= 15 is 0 Å². The summed E-state index contributed by atoms with van der Waals surface area (Å²) in [5.74, 6) is 0. The number of benzene rings is 2. The lowest BCUT2D eigenvalue weighted by molar-refractivity contribution is -0.385. The highest BCUT2D eigenvalue weighted by molar-refractivity contribution is 7.89. The SMILES string of the molecule is Cc1ccc(S(=O)(=O)N2CCCN(Cc3ccc(Cl)cc3)CC2)cc1[N+](=O)[O-]. The second-order valence-corrected chi connectivity index (χ2v) is 9.24. The van der Waals surface area contributed by atoms with Crippen LogP contribution in [0, 0.1) is 17.0 Å². The van der Waals surface area contributed by atoms with Gasteiger partial charge < -0.3 is 0 Å². The van der Waals surface area contributed by atoms with E-state index in [4.69, 9.17) is 11.6 Å². The van der Waals surface area contributed by atoms with E-state index in [0.717, 1.165) is 24.7 Å². The number of rotatable bonds is 5. The van der Waals surface area contributed by atoms with Crippen LogP contribution in [0.1, 0.15) is 17.5 Å². The van der Waals surface area contributed by atoms with Gasteiger partial charge in [-0.3, -0.25) is 15.0 Å². The van der Waals surface area contributed by atoms with E-state index in [9.17, 15) is 18.5 Å². The molecule has 2 aromatic rings. The average molecular weight is 424 g/mol. The molecule has 0 N–H and O–H groups in total. The fraction of sp³-hybridized carbons (Fsp3) is 0.368. The van der Waals surface area contributed by atoms with Crippen LogP contribution >= 0.6 is 11.6 Å². The van der Waals surface area contributed by atoms with Crippen LogP contribution in [0.15, 0.2) is 47.4 Å². The van der Waals surface area contributed by atoms with Crippen molar-refractivity contribution in [2.75, 3.05) is 26.2 Å². The Morgan fingerprint density at radius 3 is 2.46 bits per heavy atom. The molecule has 0 bridgehead atoms. The van der Waals surface area contributed by atoms with E-state index in [2.05, 4.69) is 4.90 Å². The third-order valence-corrected chi connectivity index (χ3v) is 7.03. The predicted molar refractivity (Wildman–Crippen MR) is 108 cm³/mol. The van der Waals surface area contributed by atoms with E-state index in [-0.39, 0.29) is 10.6 Å². The van der Waals surface area contributed by atoms with Crippen molar-refractivity contribution in [3.8, 4) is 0 Å². The highest BCUT2D eigenvalue weighted by Gasteiger charge is 2.28. The quantitative estimate of drug-likeness (QED) is 0.543. The van der Waals surface area contributed by atoms with E-state index in [1.54, 1.807) is 6.92 Å². The van der Waals surface area contributed by atoms with Gasteiger partial charge in [-0.05, 0) is 43.7 Å². The zero-order valence-corrected chi connectivity index (χ0v) is 17.1. The molecule has 1 heterocycles. The molecular weight excluding hydrogens is 402 g/mol. The van der Waals surface area contributed by atoms with Crippen molar-refractivity contribution in [1.29, 1.82) is 0 Å². The van der Waals surface area contributed by atoms with Gasteiger partial charge in [-0.2, -0.15) is 4.31 Å². The van der Waals surface area contributed by atoms with Gasteiger partial charge in [-0.25, -0.2) is 8.42 Å². The normalized spacial score (nSPS) is 16.6. The summed E-state index contributed by atoms with van der Waals surface area (Å²) in [6, 6.07) is 11.7. The molecule has 0 spiro atoms. The number of aryl methyl sites for hydroxylation is 1. The molecule has 1 fully saturated rings. The maximum Gasteiger partial charge on any atom is 0.273 e. The van der Waals surface area contributed by atoms with Gasteiger partial charge in [-0.1, -0.05) is 29.8 Å². The molecule has 28 heavy (non-hydrogen) atoms. The fourth-order valence-corrected chi connectivity index (χ4v) is 4.91. The molecule has 0 radical (unpaired) electrons. The molecule has 9 heteroatoms. The van der Waals surface area contributed by atoms with Crippen LogP contribution in [0.2, 0.25) is 5.02 Å². The average Bonchev–Trinajstić information content (AvgIpc) is 2.89. The van der Waals surface area contributed by atoms with E-state index < -0.39 is 14.9 Å². The minimum absolute atomic E-state index is 0.0315. The summed E-state index contributed by atoms with van der Waals surface area (Å²) in [6.45, 7) is 4.42. The molecule has 0 aliphatic carbocycles. The fourth-order valence-electron chi connectivity index (χ4n) is 3.29. The van der Waals surface area contributed by atoms with Crippen molar-refractivity contribution in [1.82, 2.24) is 9.21 Å². The highest BCUT2D eigenvalue weighted by Crippen LogP contribution is 2.25. The lowest BCUT2D eigenvalue weighted by Crippen LogP contribution is -2.35. The third kappa shape index (κ3) is 4.70. The van der Waals surface area contributed by atoms with Crippen molar-refractivity contribution in [3.05, 3.63) is 68.7 Å². The number of hydrogen-bond acceptors (Lipinski definition) is 5. The molecule has 0 amide bonds. The van der Waals surface area contributed by atoms with E-state index in [1.165, 1.54) is 16.4 Å². The molecule has 1 aliphatic rings. The smallest absolute Gasteiger partial charge is 0.273 e. The first-order chi connectivity index (χ1) is 13.3. The topological polar surface area (TPSA) is 83.8 Å². The van der Waals surface area contributed by atoms with Gasteiger partial charge in [-0.15, -0.1) is 0 Å². The monoisotopic (exact) mass is 423 g/mol. The minimum atomic E-state index is -3.78. The summed E-state index contributed by atoms with van der Waals surface area (Å²) >= 11 is 5.92. The third-order valence-electron chi connectivity index (χ3n) is 4.88. The lowest BCUT2D eigenvalue weighted by Gasteiger charge is -2.22. The first-order valence-electron chi connectivity index (χ1n) is 8.99. The number of nitro groups is 1. The summed E-state index contributed by atoms with van der Waals surface area (Å²) < 4.78 is 27.4. The van der Waals surface area contributed by atoms with Crippen LogP contribution in [0.25, 0.3) is 0 Å². The van der Waals surface area contributed by atoms with Gasteiger partial charge in [0.2, 0.25) is 10.0 Å². The summed E-state index contributed by atoms with van der Waals surface area (Å²) in [6.07, 6.45) is 0.695. The van der Waals surface area contributed by atoms with Crippen LogP contribution in [-0.2, 0) is 16.6 Å². The van der Waals surface area contributed by atoms with Crippen molar-refractivity contribution >= 4 is 27.3 Å². The Balaban J connectivity index is 1.73. The van der Waals surface area contributed by atoms with E-state index in [0.29, 0.717) is 36.6 Å². The molecule has 0 unspecified atom stereocenters. The molecule has 2 aromatic carbocycles. The predicted octanol–water partition coefficient (Wildman–Crippen LogP) is 3.45. The maximum atomic E-state index is 13.0. The van der Waals surface area contributed by atoms with Crippen LogP contribution in [0.3, 0.4) is 0 Å². The van der Waals surface area contributed by atoms with Gasteiger partial charge in [0, 0.05) is 42.8 Å².